The van der Waals surface area contributed by atoms with Crippen LogP contribution in [-0.2, 0) is 9.59 Å². The van der Waals surface area contributed by atoms with Gasteiger partial charge in [0.1, 0.15) is 5.75 Å². The Morgan fingerprint density at radius 3 is 2.35 bits per heavy atom. The highest BCUT2D eigenvalue weighted by molar-refractivity contribution is 5.95. The van der Waals surface area contributed by atoms with Crippen LogP contribution in [0.5, 0.6) is 5.75 Å². The molecule has 0 aromatic heterocycles. The lowest BCUT2D eigenvalue weighted by molar-refractivity contribution is -0.135. The van der Waals surface area contributed by atoms with E-state index in [9.17, 15) is 9.59 Å². The first-order chi connectivity index (χ1) is 15.1. The van der Waals surface area contributed by atoms with E-state index in [2.05, 4.69) is 27.2 Å². The summed E-state index contributed by atoms with van der Waals surface area (Å²) in [6.07, 6.45) is 0.801. The number of ether oxygens (including phenoxy) is 1. The van der Waals surface area contributed by atoms with Crippen LogP contribution in [0.15, 0.2) is 54.6 Å². The lowest BCUT2D eigenvalue weighted by Gasteiger charge is -2.36. The third-order valence-corrected chi connectivity index (χ3v) is 5.41. The van der Waals surface area contributed by atoms with Crippen molar-refractivity contribution in [3.05, 3.63) is 54.6 Å². The van der Waals surface area contributed by atoms with E-state index in [0.29, 0.717) is 24.5 Å². The summed E-state index contributed by atoms with van der Waals surface area (Å²) in [5.41, 5.74) is 1.82. The van der Waals surface area contributed by atoms with E-state index >= 15 is 0 Å². The number of nitrogens with zero attached hydrogens (tertiary/aromatic N) is 3. The van der Waals surface area contributed by atoms with E-state index in [1.54, 1.807) is 24.1 Å². The van der Waals surface area contributed by atoms with Gasteiger partial charge in [0.15, 0.2) is 0 Å². The monoisotopic (exact) mass is 424 g/mol. The van der Waals surface area contributed by atoms with Gasteiger partial charge in [-0.2, -0.15) is 0 Å². The average molecular weight is 425 g/mol. The number of hydrogen-bond acceptors (Lipinski definition) is 5. The van der Waals surface area contributed by atoms with Crippen molar-refractivity contribution in [3.8, 4) is 5.75 Å². The predicted octanol–water partition coefficient (Wildman–Crippen LogP) is 2.69. The Morgan fingerprint density at radius 1 is 1.00 bits per heavy atom. The maximum atomic E-state index is 12.9. The summed E-state index contributed by atoms with van der Waals surface area (Å²) in [6, 6.07) is 17.6. The van der Waals surface area contributed by atoms with Crippen LogP contribution in [-0.4, -0.2) is 74.5 Å². The predicted molar refractivity (Wildman–Crippen MR) is 124 cm³/mol. The molecule has 3 rings (SSSR count). The first kappa shape index (κ1) is 22.6. The zero-order valence-electron chi connectivity index (χ0n) is 18.4. The lowest BCUT2D eigenvalue weighted by atomic mass is 10.2. The number of nitrogens with one attached hydrogen (secondary N) is 1. The molecule has 31 heavy (non-hydrogen) atoms. The molecule has 1 aliphatic rings. The zero-order valence-corrected chi connectivity index (χ0v) is 18.4. The van der Waals surface area contributed by atoms with Gasteiger partial charge in [-0.1, -0.05) is 37.3 Å². The second-order valence-electron chi connectivity index (χ2n) is 7.66. The van der Waals surface area contributed by atoms with Crippen molar-refractivity contribution in [1.82, 2.24) is 9.80 Å². The molecule has 7 nitrogen and oxygen atoms in total. The molecule has 0 unspecified atom stereocenters. The van der Waals surface area contributed by atoms with E-state index in [0.717, 1.165) is 32.6 Å². The summed E-state index contributed by atoms with van der Waals surface area (Å²) < 4.78 is 5.28. The summed E-state index contributed by atoms with van der Waals surface area (Å²) in [4.78, 5) is 31.7. The number of methoxy groups -OCH3 is 1. The van der Waals surface area contributed by atoms with Gasteiger partial charge in [-0.05, 0) is 30.7 Å². The molecule has 1 aliphatic heterocycles. The van der Waals surface area contributed by atoms with Crippen molar-refractivity contribution in [3.63, 3.8) is 0 Å². The molecule has 1 saturated heterocycles. The van der Waals surface area contributed by atoms with Gasteiger partial charge in [0.05, 0.1) is 25.9 Å². The van der Waals surface area contributed by atoms with Crippen LogP contribution in [0.3, 0.4) is 0 Å². The van der Waals surface area contributed by atoms with Crippen molar-refractivity contribution in [2.24, 2.45) is 0 Å². The van der Waals surface area contributed by atoms with Gasteiger partial charge in [0.2, 0.25) is 11.8 Å². The van der Waals surface area contributed by atoms with Crippen molar-refractivity contribution in [1.29, 1.82) is 0 Å². The number of rotatable bonds is 9. The van der Waals surface area contributed by atoms with Crippen LogP contribution in [0.2, 0.25) is 0 Å². The SMILES string of the molecule is CCCN(CC(=O)Nc1ccccc1OC)C(=O)CN1CCN(c2ccccc2)CC1. The highest BCUT2D eigenvalue weighted by Gasteiger charge is 2.23. The summed E-state index contributed by atoms with van der Waals surface area (Å²) in [5, 5.41) is 2.85. The van der Waals surface area contributed by atoms with Crippen LogP contribution in [0.4, 0.5) is 11.4 Å². The second-order valence-corrected chi connectivity index (χ2v) is 7.66. The molecule has 0 spiro atoms. The van der Waals surface area contributed by atoms with Gasteiger partial charge in [-0.3, -0.25) is 14.5 Å². The number of benzene rings is 2. The Balaban J connectivity index is 1.51. The Kier molecular flexibility index (Phi) is 8.29. The highest BCUT2D eigenvalue weighted by atomic mass is 16.5. The molecule has 7 heteroatoms. The van der Waals surface area contributed by atoms with Gasteiger partial charge < -0.3 is 19.9 Å². The maximum absolute atomic E-state index is 12.9. The van der Waals surface area contributed by atoms with Crippen LogP contribution in [0.1, 0.15) is 13.3 Å². The number of hydrogen-bond donors (Lipinski definition) is 1. The standard InChI is InChI=1S/C24H32N4O3/c1-3-13-28(18-23(29)25-21-11-7-8-12-22(21)31-2)24(30)19-26-14-16-27(17-15-26)20-9-5-4-6-10-20/h4-12H,3,13-19H2,1-2H3,(H,25,29). The van der Waals surface area contributed by atoms with Crippen molar-refractivity contribution < 1.29 is 14.3 Å². The number of piperazine rings is 1. The van der Waals surface area contributed by atoms with Crippen molar-refractivity contribution in [2.75, 3.05) is 63.1 Å². The van der Waals surface area contributed by atoms with E-state index in [-0.39, 0.29) is 18.4 Å². The molecule has 0 aliphatic carbocycles. The highest BCUT2D eigenvalue weighted by Crippen LogP contribution is 2.23. The van der Waals surface area contributed by atoms with Gasteiger partial charge in [-0.15, -0.1) is 0 Å². The first-order valence-corrected chi connectivity index (χ1v) is 10.8. The van der Waals surface area contributed by atoms with Gasteiger partial charge in [0.25, 0.3) is 0 Å². The quantitative estimate of drug-likeness (QED) is 0.671. The summed E-state index contributed by atoms with van der Waals surface area (Å²) in [7, 11) is 1.56. The van der Waals surface area contributed by atoms with Crippen molar-refractivity contribution >= 4 is 23.2 Å². The summed E-state index contributed by atoms with van der Waals surface area (Å²) in [5.74, 6) is 0.367. The molecule has 2 amide bonds. The van der Waals surface area contributed by atoms with Crippen LogP contribution in [0.25, 0.3) is 0 Å². The zero-order chi connectivity index (χ0) is 22.1. The molecule has 0 bridgehead atoms. The minimum Gasteiger partial charge on any atom is -0.495 e. The molecule has 1 N–H and O–H groups in total. The van der Waals surface area contributed by atoms with Crippen LogP contribution in [0, 0.1) is 0 Å². The van der Waals surface area contributed by atoms with E-state index in [1.807, 2.05) is 37.3 Å². The Bertz CT molecular complexity index is 851. The molecule has 0 saturated carbocycles. The number of carbonyl (C=O) groups is 2. The van der Waals surface area contributed by atoms with E-state index in [1.165, 1.54) is 5.69 Å². The molecule has 0 radical (unpaired) electrons. The molecule has 2 aromatic carbocycles. The number of anilines is 2. The smallest absolute Gasteiger partial charge is 0.244 e. The third-order valence-electron chi connectivity index (χ3n) is 5.41. The van der Waals surface area contributed by atoms with Crippen LogP contribution < -0.4 is 15.0 Å². The Labute approximate surface area is 184 Å². The first-order valence-electron chi connectivity index (χ1n) is 10.8. The van der Waals surface area contributed by atoms with Crippen molar-refractivity contribution in [2.45, 2.75) is 13.3 Å². The van der Waals surface area contributed by atoms with Gasteiger partial charge in [0, 0.05) is 38.4 Å². The minimum absolute atomic E-state index is 0.00909. The maximum Gasteiger partial charge on any atom is 0.244 e. The fourth-order valence-corrected chi connectivity index (χ4v) is 3.77. The molecular formula is C24H32N4O3. The van der Waals surface area contributed by atoms with E-state index in [4.69, 9.17) is 4.74 Å². The lowest BCUT2D eigenvalue weighted by Crippen LogP contribution is -2.51. The largest absolute Gasteiger partial charge is 0.495 e. The van der Waals surface area contributed by atoms with E-state index < -0.39 is 0 Å². The molecule has 166 valence electrons. The summed E-state index contributed by atoms with van der Waals surface area (Å²) in [6.45, 7) is 6.37. The van der Waals surface area contributed by atoms with Gasteiger partial charge in [-0.25, -0.2) is 0 Å². The normalized spacial score (nSPS) is 14.2. The molecule has 1 fully saturated rings. The second kappa shape index (κ2) is 11.4. The Hall–Kier alpha value is -3.06. The van der Waals surface area contributed by atoms with Gasteiger partial charge >= 0.3 is 0 Å². The molecular weight excluding hydrogens is 392 g/mol. The average Bonchev–Trinajstić information content (AvgIpc) is 2.80. The summed E-state index contributed by atoms with van der Waals surface area (Å²) >= 11 is 0. The topological polar surface area (TPSA) is 65.1 Å². The molecule has 0 atom stereocenters. The third kappa shape index (κ3) is 6.46. The van der Waals surface area contributed by atoms with Crippen LogP contribution >= 0.6 is 0 Å². The Morgan fingerprint density at radius 2 is 1.68 bits per heavy atom. The minimum atomic E-state index is -0.222. The number of amides is 2. The fourth-order valence-electron chi connectivity index (χ4n) is 3.77. The molecule has 1 heterocycles. The fraction of sp³-hybridized carbons (Fsp3) is 0.417. The number of para-hydroxylation sites is 3. The molecule has 2 aromatic rings. The number of carbonyl (C=O) groups excluding carboxylic acids is 2.